The highest BCUT2D eigenvalue weighted by molar-refractivity contribution is 5.25. The summed E-state index contributed by atoms with van der Waals surface area (Å²) in [6, 6.07) is 6.95. The van der Waals surface area contributed by atoms with Gasteiger partial charge in [0.1, 0.15) is 5.75 Å². The van der Waals surface area contributed by atoms with Crippen molar-refractivity contribution in [1.29, 1.82) is 0 Å². The van der Waals surface area contributed by atoms with Gasteiger partial charge in [-0.25, -0.2) is 0 Å². The molecule has 2 unspecified atom stereocenters. The van der Waals surface area contributed by atoms with Crippen LogP contribution in [0.2, 0.25) is 0 Å². The molecule has 3 heteroatoms. The Balaban J connectivity index is 2.33. The van der Waals surface area contributed by atoms with Gasteiger partial charge in [-0.3, -0.25) is 0 Å². The lowest BCUT2D eigenvalue weighted by atomic mass is 10.0. The molecule has 0 heterocycles. The summed E-state index contributed by atoms with van der Waals surface area (Å²) in [7, 11) is 0. The quantitative estimate of drug-likeness (QED) is 0.689. The first kappa shape index (κ1) is 12.0. The number of aliphatic hydroxyl groups is 2. The van der Waals surface area contributed by atoms with Gasteiger partial charge in [-0.15, -0.1) is 0 Å². The number of rotatable bonds is 5. The largest absolute Gasteiger partial charge is 0.508 e. The molecule has 0 amide bonds. The monoisotopic (exact) mass is 210 g/mol. The van der Waals surface area contributed by atoms with Crippen LogP contribution in [0, 0.1) is 0 Å². The summed E-state index contributed by atoms with van der Waals surface area (Å²) < 4.78 is 0. The maximum atomic E-state index is 9.53. The molecule has 0 radical (unpaired) electrons. The van der Waals surface area contributed by atoms with E-state index in [-0.39, 0.29) is 5.75 Å². The van der Waals surface area contributed by atoms with E-state index in [1.807, 2.05) is 12.1 Å². The standard InChI is InChI=1S/C12H18O3/c1-9(13)8-12(15)7-4-10-2-5-11(14)6-3-10/h2-3,5-6,9,12-15H,4,7-8H2,1H3. The molecule has 0 aliphatic rings. The zero-order valence-electron chi connectivity index (χ0n) is 8.93. The molecular weight excluding hydrogens is 192 g/mol. The molecule has 3 N–H and O–H groups in total. The van der Waals surface area contributed by atoms with Gasteiger partial charge in [0.15, 0.2) is 0 Å². The summed E-state index contributed by atoms with van der Waals surface area (Å²) in [6.07, 6.45) is 0.890. The van der Waals surface area contributed by atoms with Crippen LogP contribution in [0.4, 0.5) is 0 Å². The molecule has 0 saturated carbocycles. The van der Waals surface area contributed by atoms with Crippen LogP contribution in [0.1, 0.15) is 25.3 Å². The van der Waals surface area contributed by atoms with E-state index in [0.29, 0.717) is 12.8 Å². The van der Waals surface area contributed by atoms with E-state index in [2.05, 4.69) is 0 Å². The summed E-state index contributed by atoms with van der Waals surface area (Å²) in [5.41, 5.74) is 1.08. The van der Waals surface area contributed by atoms with Crippen LogP contribution in [-0.2, 0) is 6.42 Å². The van der Waals surface area contributed by atoms with Crippen LogP contribution in [0.5, 0.6) is 5.75 Å². The van der Waals surface area contributed by atoms with Crippen LogP contribution in [0.25, 0.3) is 0 Å². The van der Waals surface area contributed by atoms with Crippen LogP contribution < -0.4 is 0 Å². The lowest BCUT2D eigenvalue weighted by molar-refractivity contribution is 0.0854. The van der Waals surface area contributed by atoms with Gasteiger partial charge >= 0.3 is 0 Å². The van der Waals surface area contributed by atoms with Gasteiger partial charge < -0.3 is 15.3 Å². The Bertz CT molecular complexity index is 279. The number of hydrogen-bond acceptors (Lipinski definition) is 3. The molecule has 0 aliphatic carbocycles. The first-order valence-electron chi connectivity index (χ1n) is 5.22. The van der Waals surface area contributed by atoms with E-state index in [4.69, 9.17) is 10.2 Å². The fourth-order valence-corrected chi connectivity index (χ4v) is 1.51. The summed E-state index contributed by atoms with van der Waals surface area (Å²) in [6.45, 7) is 1.67. The minimum absolute atomic E-state index is 0.253. The second kappa shape index (κ2) is 5.73. The molecule has 0 aromatic heterocycles. The zero-order chi connectivity index (χ0) is 11.3. The minimum Gasteiger partial charge on any atom is -0.508 e. The molecular formula is C12H18O3. The topological polar surface area (TPSA) is 60.7 Å². The minimum atomic E-state index is -0.459. The van der Waals surface area contributed by atoms with Crippen molar-refractivity contribution < 1.29 is 15.3 Å². The van der Waals surface area contributed by atoms with Crippen LogP contribution in [0.3, 0.4) is 0 Å². The number of aryl methyl sites for hydroxylation is 1. The second-order valence-electron chi connectivity index (χ2n) is 3.94. The Morgan fingerprint density at radius 2 is 1.73 bits per heavy atom. The van der Waals surface area contributed by atoms with Crippen molar-refractivity contribution >= 4 is 0 Å². The SMILES string of the molecule is CC(O)CC(O)CCc1ccc(O)cc1. The zero-order valence-corrected chi connectivity index (χ0v) is 8.93. The number of phenolic OH excluding ortho intramolecular Hbond substituents is 1. The van der Waals surface area contributed by atoms with Gasteiger partial charge in [0.2, 0.25) is 0 Å². The molecule has 1 aromatic carbocycles. The predicted octanol–water partition coefficient (Wildman–Crippen LogP) is 1.46. The molecule has 3 nitrogen and oxygen atoms in total. The van der Waals surface area contributed by atoms with Gasteiger partial charge in [-0.2, -0.15) is 0 Å². The van der Waals surface area contributed by atoms with Crippen molar-refractivity contribution in [2.75, 3.05) is 0 Å². The molecule has 1 rings (SSSR count). The highest BCUT2D eigenvalue weighted by Crippen LogP contribution is 2.13. The summed E-state index contributed by atoms with van der Waals surface area (Å²) in [5.74, 6) is 0.253. The summed E-state index contributed by atoms with van der Waals surface area (Å²) in [4.78, 5) is 0. The molecule has 15 heavy (non-hydrogen) atoms. The normalized spacial score (nSPS) is 14.9. The fourth-order valence-electron chi connectivity index (χ4n) is 1.51. The fraction of sp³-hybridized carbons (Fsp3) is 0.500. The lowest BCUT2D eigenvalue weighted by Gasteiger charge is -2.12. The predicted molar refractivity (Wildman–Crippen MR) is 58.7 cm³/mol. The third-order valence-corrected chi connectivity index (χ3v) is 2.32. The smallest absolute Gasteiger partial charge is 0.115 e. The highest BCUT2D eigenvalue weighted by Gasteiger charge is 2.07. The number of phenols is 1. The van der Waals surface area contributed by atoms with E-state index in [1.54, 1.807) is 19.1 Å². The van der Waals surface area contributed by atoms with E-state index in [0.717, 1.165) is 12.0 Å². The van der Waals surface area contributed by atoms with Crippen LogP contribution in [-0.4, -0.2) is 27.5 Å². The highest BCUT2D eigenvalue weighted by atomic mass is 16.3. The first-order chi connectivity index (χ1) is 7.08. The maximum Gasteiger partial charge on any atom is 0.115 e. The van der Waals surface area contributed by atoms with E-state index >= 15 is 0 Å². The van der Waals surface area contributed by atoms with Crippen molar-refractivity contribution in [1.82, 2.24) is 0 Å². The number of aromatic hydroxyl groups is 1. The maximum absolute atomic E-state index is 9.53. The van der Waals surface area contributed by atoms with Gasteiger partial charge in [-0.1, -0.05) is 12.1 Å². The summed E-state index contributed by atoms with van der Waals surface area (Å²) >= 11 is 0. The van der Waals surface area contributed by atoms with E-state index < -0.39 is 12.2 Å². The molecule has 0 saturated heterocycles. The molecule has 0 aliphatic heterocycles. The van der Waals surface area contributed by atoms with E-state index in [9.17, 15) is 5.11 Å². The summed E-state index contributed by atoms with van der Waals surface area (Å²) in [5, 5.41) is 27.7. The van der Waals surface area contributed by atoms with Gasteiger partial charge in [0.05, 0.1) is 12.2 Å². The average molecular weight is 210 g/mol. The van der Waals surface area contributed by atoms with Crippen molar-refractivity contribution in [3.63, 3.8) is 0 Å². The molecule has 1 aromatic rings. The number of aliphatic hydroxyl groups excluding tert-OH is 2. The Hall–Kier alpha value is -1.06. The number of benzene rings is 1. The van der Waals surface area contributed by atoms with Crippen molar-refractivity contribution in [2.24, 2.45) is 0 Å². The van der Waals surface area contributed by atoms with Gasteiger partial charge in [-0.05, 0) is 43.9 Å². The average Bonchev–Trinajstić information content (AvgIpc) is 2.16. The Morgan fingerprint density at radius 1 is 1.13 bits per heavy atom. The second-order valence-corrected chi connectivity index (χ2v) is 3.94. The lowest BCUT2D eigenvalue weighted by Crippen LogP contribution is -2.15. The molecule has 0 spiro atoms. The van der Waals surface area contributed by atoms with Crippen LogP contribution in [0.15, 0.2) is 24.3 Å². The van der Waals surface area contributed by atoms with Crippen molar-refractivity contribution in [3.8, 4) is 5.75 Å². The Labute approximate surface area is 90.0 Å². The van der Waals surface area contributed by atoms with Gasteiger partial charge in [0.25, 0.3) is 0 Å². The first-order valence-corrected chi connectivity index (χ1v) is 5.22. The van der Waals surface area contributed by atoms with Crippen molar-refractivity contribution in [2.45, 2.75) is 38.4 Å². The van der Waals surface area contributed by atoms with Gasteiger partial charge in [0, 0.05) is 0 Å². The molecule has 84 valence electrons. The third-order valence-electron chi connectivity index (χ3n) is 2.32. The number of hydrogen-bond donors (Lipinski definition) is 3. The van der Waals surface area contributed by atoms with E-state index in [1.165, 1.54) is 0 Å². The van der Waals surface area contributed by atoms with Crippen molar-refractivity contribution in [3.05, 3.63) is 29.8 Å². The Morgan fingerprint density at radius 3 is 2.27 bits per heavy atom. The molecule has 2 atom stereocenters. The van der Waals surface area contributed by atoms with Crippen LogP contribution >= 0.6 is 0 Å². The third kappa shape index (κ3) is 4.81. The Kier molecular flexibility index (Phi) is 4.59. The molecule has 0 fully saturated rings. The molecule has 0 bridgehead atoms.